The van der Waals surface area contributed by atoms with Gasteiger partial charge in [-0.2, -0.15) is 10.3 Å². The van der Waals surface area contributed by atoms with Crippen molar-refractivity contribution in [2.24, 2.45) is 0 Å². The van der Waals surface area contributed by atoms with Crippen molar-refractivity contribution in [1.82, 2.24) is 20.3 Å². The molecule has 2 N–H and O–H groups in total. The second kappa shape index (κ2) is 6.19. The Balaban J connectivity index is 1.76. The fourth-order valence-corrected chi connectivity index (χ4v) is 2.48. The molecule has 1 aliphatic rings. The topological polar surface area (TPSA) is 66.1 Å². The summed E-state index contributed by atoms with van der Waals surface area (Å²) < 4.78 is 5.34. The molecule has 1 aliphatic heterocycles. The van der Waals surface area contributed by atoms with Gasteiger partial charge in [0.15, 0.2) is 11.5 Å². The van der Waals surface area contributed by atoms with E-state index in [-0.39, 0.29) is 0 Å². The standard InChI is InChI=1S/C14H17N5OS/c1-10-2-4-11(5-3-10)15-13-12(16-18-17-13)14(21)19-6-8-20-9-7-19/h2-5H,6-9H2,1H3,(H2,15,16,17,18). The zero-order valence-electron chi connectivity index (χ0n) is 11.8. The van der Waals surface area contributed by atoms with Gasteiger partial charge in [0.2, 0.25) is 0 Å². The van der Waals surface area contributed by atoms with Crippen LogP contribution in [0.3, 0.4) is 0 Å². The second-order valence-electron chi connectivity index (χ2n) is 4.92. The molecule has 0 spiro atoms. The Bertz CT molecular complexity index is 619. The van der Waals surface area contributed by atoms with Crippen LogP contribution in [0.1, 0.15) is 11.3 Å². The number of nitrogens with one attached hydrogen (secondary N) is 2. The van der Waals surface area contributed by atoms with Crippen molar-refractivity contribution in [1.29, 1.82) is 0 Å². The molecular formula is C14H17N5OS. The van der Waals surface area contributed by atoms with E-state index in [9.17, 15) is 0 Å². The molecule has 3 rings (SSSR count). The van der Waals surface area contributed by atoms with Crippen molar-refractivity contribution in [3.63, 3.8) is 0 Å². The Labute approximate surface area is 128 Å². The van der Waals surface area contributed by atoms with E-state index in [4.69, 9.17) is 17.0 Å². The van der Waals surface area contributed by atoms with Crippen molar-refractivity contribution < 1.29 is 4.74 Å². The van der Waals surface area contributed by atoms with E-state index >= 15 is 0 Å². The highest BCUT2D eigenvalue weighted by molar-refractivity contribution is 7.80. The molecule has 0 unspecified atom stereocenters. The van der Waals surface area contributed by atoms with Crippen LogP contribution >= 0.6 is 12.2 Å². The van der Waals surface area contributed by atoms with Gasteiger partial charge in [-0.05, 0) is 19.1 Å². The number of hydrogen-bond acceptors (Lipinski definition) is 5. The molecule has 2 aromatic rings. The predicted molar refractivity (Wildman–Crippen MR) is 84.9 cm³/mol. The number of aromatic nitrogens is 3. The highest BCUT2D eigenvalue weighted by atomic mass is 32.1. The third kappa shape index (κ3) is 3.20. The Morgan fingerprint density at radius 3 is 2.67 bits per heavy atom. The van der Waals surface area contributed by atoms with Crippen LogP contribution in [0, 0.1) is 6.92 Å². The monoisotopic (exact) mass is 303 g/mol. The smallest absolute Gasteiger partial charge is 0.183 e. The van der Waals surface area contributed by atoms with Gasteiger partial charge in [0.05, 0.1) is 13.2 Å². The van der Waals surface area contributed by atoms with Gasteiger partial charge >= 0.3 is 0 Å². The summed E-state index contributed by atoms with van der Waals surface area (Å²) in [5.74, 6) is 0.648. The fourth-order valence-electron chi connectivity index (χ4n) is 2.16. The highest BCUT2D eigenvalue weighted by Gasteiger charge is 2.20. The summed E-state index contributed by atoms with van der Waals surface area (Å²) >= 11 is 5.53. The largest absolute Gasteiger partial charge is 0.378 e. The van der Waals surface area contributed by atoms with Crippen LogP contribution in [-0.2, 0) is 4.74 Å². The van der Waals surface area contributed by atoms with E-state index in [1.807, 2.05) is 24.3 Å². The normalized spacial score (nSPS) is 15.0. The van der Waals surface area contributed by atoms with E-state index in [1.54, 1.807) is 0 Å². The summed E-state index contributed by atoms with van der Waals surface area (Å²) in [5.41, 5.74) is 2.85. The first kappa shape index (κ1) is 14.0. The number of aromatic amines is 1. The lowest BCUT2D eigenvalue weighted by Crippen LogP contribution is -2.40. The maximum absolute atomic E-state index is 5.53. The van der Waals surface area contributed by atoms with E-state index in [1.165, 1.54) is 5.56 Å². The van der Waals surface area contributed by atoms with Crippen LogP contribution < -0.4 is 5.32 Å². The Hall–Kier alpha value is -1.99. The second-order valence-corrected chi connectivity index (χ2v) is 5.30. The van der Waals surface area contributed by atoms with Gasteiger partial charge < -0.3 is 15.0 Å². The van der Waals surface area contributed by atoms with E-state index in [0.29, 0.717) is 29.7 Å². The van der Waals surface area contributed by atoms with Crippen LogP contribution in [-0.4, -0.2) is 51.6 Å². The minimum absolute atomic E-state index is 0.648. The quantitative estimate of drug-likeness (QED) is 0.844. The number of H-pyrrole nitrogens is 1. The third-order valence-electron chi connectivity index (χ3n) is 3.36. The first-order valence-electron chi connectivity index (χ1n) is 6.85. The summed E-state index contributed by atoms with van der Waals surface area (Å²) in [6.45, 7) is 5.02. The lowest BCUT2D eigenvalue weighted by Gasteiger charge is -2.28. The van der Waals surface area contributed by atoms with Crippen LogP contribution in [0.25, 0.3) is 0 Å². The Kier molecular flexibility index (Phi) is 4.12. The number of benzene rings is 1. The maximum atomic E-state index is 5.53. The van der Waals surface area contributed by atoms with Crippen LogP contribution in [0.4, 0.5) is 11.5 Å². The van der Waals surface area contributed by atoms with Gasteiger partial charge in [0, 0.05) is 18.8 Å². The number of anilines is 2. The molecule has 0 amide bonds. The Morgan fingerprint density at radius 1 is 1.24 bits per heavy atom. The van der Waals surface area contributed by atoms with Gasteiger partial charge in [-0.15, -0.1) is 5.10 Å². The molecule has 0 saturated carbocycles. The average Bonchev–Trinajstić information content (AvgIpc) is 2.98. The lowest BCUT2D eigenvalue weighted by atomic mass is 10.2. The molecule has 21 heavy (non-hydrogen) atoms. The van der Waals surface area contributed by atoms with Crippen molar-refractivity contribution in [3.05, 3.63) is 35.5 Å². The molecule has 0 atom stereocenters. The van der Waals surface area contributed by atoms with E-state index in [2.05, 4.69) is 32.6 Å². The molecule has 1 aromatic heterocycles. The van der Waals surface area contributed by atoms with E-state index in [0.717, 1.165) is 18.8 Å². The predicted octanol–water partition coefficient (Wildman–Crippen LogP) is 1.86. The fraction of sp³-hybridized carbons (Fsp3) is 0.357. The number of morpholine rings is 1. The lowest BCUT2D eigenvalue weighted by molar-refractivity contribution is 0.0692. The molecule has 1 fully saturated rings. The van der Waals surface area contributed by atoms with Gasteiger partial charge in [-0.3, -0.25) is 0 Å². The zero-order chi connectivity index (χ0) is 14.7. The average molecular weight is 303 g/mol. The van der Waals surface area contributed by atoms with Crippen molar-refractivity contribution >= 4 is 28.7 Å². The molecule has 1 aromatic carbocycles. The molecule has 0 aliphatic carbocycles. The van der Waals surface area contributed by atoms with Crippen LogP contribution in [0.2, 0.25) is 0 Å². The van der Waals surface area contributed by atoms with E-state index < -0.39 is 0 Å². The van der Waals surface area contributed by atoms with Crippen LogP contribution in [0.5, 0.6) is 0 Å². The summed E-state index contributed by atoms with van der Waals surface area (Å²) in [4.78, 5) is 2.79. The Morgan fingerprint density at radius 2 is 1.95 bits per heavy atom. The zero-order valence-corrected chi connectivity index (χ0v) is 12.6. The summed E-state index contributed by atoms with van der Waals surface area (Å²) in [6.07, 6.45) is 0. The summed E-state index contributed by atoms with van der Waals surface area (Å²) in [6, 6.07) is 8.10. The molecule has 7 heteroatoms. The van der Waals surface area contributed by atoms with Gasteiger partial charge in [-0.25, -0.2) is 0 Å². The minimum atomic E-state index is 0.648. The maximum Gasteiger partial charge on any atom is 0.183 e. The number of ether oxygens (including phenoxy) is 1. The van der Waals surface area contributed by atoms with Gasteiger partial charge in [0.1, 0.15) is 4.99 Å². The molecule has 6 nitrogen and oxygen atoms in total. The molecule has 2 heterocycles. The molecule has 0 bridgehead atoms. The minimum Gasteiger partial charge on any atom is -0.378 e. The molecule has 0 radical (unpaired) electrons. The number of aryl methyl sites for hydroxylation is 1. The molecule has 110 valence electrons. The first-order chi connectivity index (χ1) is 10.2. The SMILES string of the molecule is Cc1ccc(Nc2n[nH]nc2C(=S)N2CCOCC2)cc1. The van der Waals surface area contributed by atoms with Gasteiger partial charge in [0.25, 0.3) is 0 Å². The van der Waals surface area contributed by atoms with Crippen molar-refractivity contribution in [2.75, 3.05) is 31.6 Å². The number of hydrogen-bond donors (Lipinski definition) is 2. The molecular weight excluding hydrogens is 286 g/mol. The van der Waals surface area contributed by atoms with Crippen LogP contribution in [0.15, 0.2) is 24.3 Å². The highest BCUT2D eigenvalue weighted by Crippen LogP contribution is 2.19. The number of thiocarbonyl (C=S) groups is 1. The van der Waals surface area contributed by atoms with Gasteiger partial charge in [-0.1, -0.05) is 29.9 Å². The molecule has 1 saturated heterocycles. The number of rotatable bonds is 3. The number of nitrogens with zero attached hydrogens (tertiary/aromatic N) is 3. The van der Waals surface area contributed by atoms with Crippen molar-refractivity contribution in [2.45, 2.75) is 6.92 Å². The summed E-state index contributed by atoms with van der Waals surface area (Å²) in [5, 5.41) is 14.2. The van der Waals surface area contributed by atoms with Crippen molar-refractivity contribution in [3.8, 4) is 0 Å². The first-order valence-corrected chi connectivity index (χ1v) is 7.26. The third-order valence-corrected chi connectivity index (χ3v) is 3.81. The summed E-state index contributed by atoms with van der Waals surface area (Å²) in [7, 11) is 0.